The van der Waals surface area contributed by atoms with Crippen molar-refractivity contribution < 1.29 is 4.79 Å². The van der Waals surface area contributed by atoms with Gasteiger partial charge in [0.2, 0.25) is 5.91 Å². The Morgan fingerprint density at radius 3 is 2.37 bits per heavy atom. The lowest BCUT2D eigenvalue weighted by atomic mass is 9.92. The molecule has 3 aliphatic heterocycles. The normalized spacial score (nSPS) is 19.5. The van der Waals surface area contributed by atoms with Crippen LogP contribution in [0, 0.1) is 12.8 Å². The fourth-order valence-corrected chi connectivity index (χ4v) is 7.17. The zero-order valence-corrected chi connectivity index (χ0v) is 28.2. The molecule has 0 bridgehead atoms. The Morgan fingerprint density at radius 2 is 1.70 bits per heavy atom. The number of rotatable bonds is 13. The SMILES string of the molecule is C=Cc1cccc(N2CCC(C(=C)NCCCCN3CCN(c4ccc(C)cc4)CC3)CC2)c1C(=C)N(C)C1CCC(=O)NC1=C. The first-order valence-corrected chi connectivity index (χ1v) is 17.1. The van der Waals surface area contributed by atoms with Crippen LogP contribution in [0.5, 0.6) is 0 Å². The van der Waals surface area contributed by atoms with Crippen molar-refractivity contribution >= 4 is 29.1 Å². The van der Waals surface area contributed by atoms with Crippen molar-refractivity contribution in [2.75, 3.05) is 69.2 Å². The minimum atomic E-state index is 0.0188. The van der Waals surface area contributed by atoms with Gasteiger partial charge in [-0.25, -0.2) is 0 Å². The summed E-state index contributed by atoms with van der Waals surface area (Å²) in [6, 6.07) is 15.4. The number of nitrogens with one attached hydrogen (secondary N) is 2. The maximum Gasteiger partial charge on any atom is 0.224 e. The number of amides is 1. The molecule has 2 aromatic carbocycles. The molecular weight excluding hydrogens is 568 g/mol. The molecule has 3 fully saturated rings. The molecule has 0 aromatic heterocycles. The van der Waals surface area contributed by atoms with Crippen LogP contribution >= 0.6 is 0 Å². The number of nitrogens with zero attached hydrogens (tertiary/aromatic N) is 4. The minimum Gasteiger partial charge on any atom is -0.389 e. The van der Waals surface area contributed by atoms with Gasteiger partial charge in [-0.2, -0.15) is 0 Å². The Hall–Kier alpha value is -3.97. The smallest absolute Gasteiger partial charge is 0.224 e. The van der Waals surface area contributed by atoms with E-state index < -0.39 is 0 Å². The van der Waals surface area contributed by atoms with Gasteiger partial charge in [-0.3, -0.25) is 9.69 Å². The van der Waals surface area contributed by atoms with Gasteiger partial charge in [-0.05, 0) is 69.3 Å². The number of piperidine rings is 2. The Labute approximate surface area is 277 Å². The first-order valence-electron chi connectivity index (χ1n) is 17.1. The molecule has 1 amide bonds. The Balaban J connectivity index is 1.05. The van der Waals surface area contributed by atoms with Crippen molar-refractivity contribution in [1.29, 1.82) is 0 Å². The minimum absolute atomic E-state index is 0.0188. The highest BCUT2D eigenvalue weighted by molar-refractivity contribution is 5.83. The van der Waals surface area contributed by atoms with Crippen molar-refractivity contribution in [3.63, 3.8) is 0 Å². The van der Waals surface area contributed by atoms with Gasteiger partial charge in [0.1, 0.15) is 0 Å². The van der Waals surface area contributed by atoms with Crippen molar-refractivity contribution in [3.8, 4) is 0 Å². The first kappa shape index (κ1) is 33.4. The molecular formula is C39H54N6O. The number of unbranched alkanes of at least 4 members (excludes halogenated alkanes) is 1. The lowest BCUT2D eigenvalue weighted by molar-refractivity contribution is -0.121. The molecule has 3 aliphatic rings. The fraction of sp³-hybridized carbons (Fsp3) is 0.462. The predicted molar refractivity (Wildman–Crippen MR) is 195 cm³/mol. The van der Waals surface area contributed by atoms with E-state index in [9.17, 15) is 4.79 Å². The van der Waals surface area contributed by atoms with Crippen molar-refractivity contribution in [3.05, 3.63) is 96.9 Å². The number of piperazine rings is 1. The predicted octanol–water partition coefficient (Wildman–Crippen LogP) is 6.25. The number of hydrogen-bond donors (Lipinski definition) is 2. The highest BCUT2D eigenvalue weighted by Crippen LogP contribution is 2.37. The van der Waals surface area contributed by atoms with E-state index in [1.54, 1.807) is 0 Å². The number of benzene rings is 2. The third-order valence-corrected chi connectivity index (χ3v) is 10.2. The Bertz CT molecular complexity index is 1400. The summed E-state index contributed by atoms with van der Waals surface area (Å²) in [7, 11) is 2.05. The van der Waals surface area contributed by atoms with E-state index in [0.29, 0.717) is 12.3 Å². The van der Waals surface area contributed by atoms with E-state index in [2.05, 4.69) is 106 Å². The third kappa shape index (κ3) is 8.05. The standard InChI is InChI=1S/C39H54N6O/c1-7-33-11-10-12-37(39(33)32(5)42(6)36-17-18-38(46)41-31(36)4)45-23-19-34(20-24-45)30(3)40-21-8-9-22-43-25-27-44(28-26-43)35-15-13-29(2)14-16-35/h7,10-16,34,36,40H,1,3-5,8-9,17-28H2,2,6H3,(H,41,46). The third-order valence-electron chi connectivity index (χ3n) is 10.2. The molecule has 2 aromatic rings. The molecule has 3 heterocycles. The summed E-state index contributed by atoms with van der Waals surface area (Å²) in [4.78, 5) is 21.6. The summed E-state index contributed by atoms with van der Waals surface area (Å²) in [6.07, 6.45) is 7.67. The van der Waals surface area contributed by atoms with Crippen LogP contribution in [-0.4, -0.2) is 81.2 Å². The summed E-state index contributed by atoms with van der Waals surface area (Å²) in [5.41, 5.74) is 8.89. The molecule has 7 heteroatoms. The van der Waals surface area contributed by atoms with Crippen LogP contribution in [-0.2, 0) is 4.79 Å². The molecule has 0 saturated carbocycles. The maximum absolute atomic E-state index is 11.9. The monoisotopic (exact) mass is 622 g/mol. The van der Waals surface area contributed by atoms with Gasteiger partial charge >= 0.3 is 0 Å². The number of allylic oxidation sites excluding steroid dienone is 1. The number of carbonyl (C=O) groups is 1. The number of likely N-dealkylation sites (N-methyl/N-ethyl adjacent to an activating group) is 1. The molecule has 1 atom stereocenters. The molecule has 2 N–H and O–H groups in total. The summed E-state index contributed by atoms with van der Waals surface area (Å²) < 4.78 is 0. The van der Waals surface area contributed by atoms with Gasteiger partial charge in [-0.1, -0.05) is 62.2 Å². The van der Waals surface area contributed by atoms with E-state index in [4.69, 9.17) is 0 Å². The summed E-state index contributed by atoms with van der Waals surface area (Å²) >= 11 is 0. The molecule has 0 aliphatic carbocycles. The van der Waals surface area contributed by atoms with Crippen molar-refractivity contribution in [1.82, 2.24) is 20.4 Å². The lowest BCUT2D eigenvalue weighted by Gasteiger charge is -2.39. The van der Waals surface area contributed by atoms with E-state index in [1.165, 1.54) is 42.0 Å². The molecule has 1 unspecified atom stereocenters. The molecule has 7 nitrogen and oxygen atoms in total. The maximum atomic E-state index is 11.9. The average Bonchev–Trinajstić information content (AvgIpc) is 3.08. The number of aryl methyl sites for hydroxylation is 1. The first-order chi connectivity index (χ1) is 22.2. The van der Waals surface area contributed by atoms with Gasteiger partial charge in [0, 0.05) is 99.2 Å². The van der Waals surface area contributed by atoms with Crippen molar-refractivity contribution in [2.45, 2.75) is 51.5 Å². The van der Waals surface area contributed by atoms with Crippen LogP contribution in [0.2, 0.25) is 0 Å². The van der Waals surface area contributed by atoms with Gasteiger partial charge < -0.3 is 25.3 Å². The number of hydrogen-bond acceptors (Lipinski definition) is 6. The molecule has 5 rings (SSSR count). The summed E-state index contributed by atoms with van der Waals surface area (Å²) in [5, 5.41) is 6.59. The molecule has 0 radical (unpaired) electrons. The molecule has 246 valence electrons. The van der Waals surface area contributed by atoms with Gasteiger partial charge in [0.25, 0.3) is 0 Å². The second-order valence-corrected chi connectivity index (χ2v) is 13.2. The van der Waals surface area contributed by atoms with Crippen molar-refractivity contribution in [2.24, 2.45) is 5.92 Å². The van der Waals surface area contributed by atoms with Crippen LogP contribution in [0.1, 0.15) is 55.2 Å². The van der Waals surface area contributed by atoms with E-state index in [-0.39, 0.29) is 11.9 Å². The van der Waals surface area contributed by atoms with Crippen LogP contribution in [0.3, 0.4) is 0 Å². The number of anilines is 2. The fourth-order valence-electron chi connectivity index (χ4n) is 7.17. The topological polar surface area (TPSA) is 54.1 Å². The summed E-state index contributed by atoms with van der Waals surface area (Å²) in [6.45, 7) is 27.9. The van der Waals surface area contributed by atoms with E-state index in [0.717, 1.165) is 87.6 Å². The van der Waals surface area contributed by atoms with Crippen LogP contribution in [0.25, 0.3) is 11.8 Å². The zero-order valence-electron chi connectivity index (χ0n) is 28.2. The second kappa shape index (κ2) is 15.5. The second-order valence-electron chi connectivity index (χ2n) is 13.2. The Kier molecular flexibility index (Phi) is 11.3. The zero-order chi connectivity index (χ0) is 32.6. The molecule has 0 spiro atoms. The van der Waals surface area contributed by atoms with Crippen LogP contribution in [0.15, 0.2) is 80.2 Å². The molecule has 3 saturated heterocycles. The Morgan fingerprint density at radius 1 is 0.978 bits per heavy atom. The van der Waals surface area contributed by atoms with Gasteiger partial charge in [0.15, 0.2) is 0 Å². The van der Waals surface area contributed by atoms with E-state index in [1.807, 2.05) is 13.1 Å². The largest absolute Gasteiger partial charge is 0.389 e. The highest BCUT2D eigenvalue weighted by atomic mass is 16.1. The van der Waals surface area contributed by atoms with Gasteiger partial charge in [0.05, 0.1) is 6.04 Å². The van der Waals surface area contributed by atoms with Crippen LogP contribution < -0.4 is 20.4 Å². The highest BCUT2D eigenvalue weighted by Gasteiger charge is 2.29. The lowest BCUT2D eigenvalue weighted by Crippen LogP contribution is -2.46. The quantitative estimate of drug-likeness (QED) is 0.258. The van der Waals surface area contributed by atoms with Crippen LogP contribution in [0.4, 0.5) is 11.4 Å². The molecule has 46 heavy (non-hydrogen) atoms. The number of carbonyl (C=O) groups excluding carboxylic acids is 1. The van der Waals surface area contributed by atoms with E-state index >= 15 is 0 Å². The summed E-state index contributed by atoms with van der Waals surface area (Å²) in [5.74, 6) is 0.520. The van der Waals surface area contributed by atoms with Gasteiger partial charge in [-0.15, -0.1) is 0 Å². The average molecular weight is 623 g/mol.